The zero-order valence-electron chi connectivity index (χ0n) is 10.3. The van der Waals surface area contributed by atoms with E-state index in [4.69, 9.17) is 5.11 Å². The number of aromatic nitrogens is 2. The molecule has 2 atom stereocenters. The van der Waals surface area contributed by atoms with Gasteiger partial charge in [0.1, 0.15) is 6.04 Å². The molecule has 4 N–H and O–H groups in total. The number of aliphatic hydroxyl groups is 1. The summed E-state index contributed by atoms with van der Waals surface area (Å²) in [6.45, 7) is -0.0801. The van der Waals surface area contributed by atoms with Gasteiger partial charge in [-0.25, -0.2) is 9.59 Å². The number of aromatic amines is 2. The van der Waals surface area contributed by atoms with Gasteiger partial charge >= 0.3 is 11.7 Å². The number of carboxylic acid groups (broad SMARTS) is 1. The van der Waals surface area contributed by atoms with E-state index in [2.05, 4.69) is 4.98 Å². The maximum Gasteiger partial charge on any atom is 0.326 e. The average molecular weight is 283 g/mol. The van der Waals surface area contributed by atoms with Crippen LogP contribution in [-0.4, -0.2) is 55.6 Å². The summed E-state index contributed by atoms with van der Waals surface area (Å²) < 4.78 is 0. The molecule has 0 aromatic carbocycles. The van der Waals surface area contributed by atoms with Gasteiger partial charge in [0, 0.05) is 24.7 Å². The van der Waals surface area contributed by atoms with Crippen molar-refractivity contribution in [2.24, 2.45) is 0 Å². The van der Waals surface area contributed by atoms with Crippen LogP contribution in [0.15, 0.2) is 15.7 Å². The maximum absolute atomic E-state index is 12.0. The molecular weight excluding hydrogens is 270 g/mol. The first kappa shape index (κ1) is 14.0. The van der Waals surface area contributed by atoms with Gasteiger partial charge in [-0.3, -0.25) is 14.6 Å². The first-order chi connectivity index (χ1) is 9.36. The van der Waals surface area contributed by atoms with Crippen LogP contribution in [0, 0.1) is 0 Å². The van der Waals surface area contributed by atoms with Crippen LogP contribution in [0.5, 0.6) is 0 Å². The van der Waals surface area contributed by atoms with Crippen molar-refractivity contribution in [1.29, 1.82) is 0 Å². The summed E-state index contributed by atoms with van der Waals surface area (Å²) in [5.74, 6) is -1.77. The van der Waals surface area contributed by atoms with E-state index >= 15 is 0 Å². The van der Waals surface area contributed by atoms with Gasteiger partial charge in [-0.05, 0) is 0 Å². The Morgan fingerprint density at radius 2 is 2.05 bits per heavy atom. The van der Waals surface area contributed by atoms with Gasteiger partial charge < -0.3 is 20.1 Å². The highest BCUT2D eigenvalue weighted by Gasteiger charge is 2.38. The van der Waals surface area contributed by atoms with Crippen LogP contribution in [0.25, 0.3) is 0 Å². The standard InChI is InChI=1S/C11H13N3O6/c15-6-3-7(10(18)19)14(4-6)9(17)2-5-1-8(16)13-11(20)12-5/h1,6-7,15H,2-4H2,(H,18,19)(H2,12,13,16,20). The van der Waals surface area contributed by atoms with Gasteiger partial charge in [0.05, 0.1) is 12.5 Å². The van der Waals surface area contributed by atoms with Crippen LogP contribution in [0.4, 0.5) is 0 Å². The van der Waals surface area contributed by atoms with Crippen LogP contribution >= 0.6 is 0 Å². The third kappa shape index (κ3) is 2.94. The fourth-order valence-electron chi connectivity index (χ4n) is 2.20. The SMILES string of the molecule is O=C(O)C1CC(O)CN1C(=O)Cc1cc(=O)[nH]c(=O)[nH]1. The summed E-state index contributed by atoms with van der Waals surface area (Å²) in [7, 11) is 0. The molecule has 1 saturated heterocycles. The lowest BCUT2D eigenvalue weighted by molar-refractivity contribution is -0.148. The number of nitrogens with zero attached hydrogens (tertiary/aromatic N) is 1. The normalized spacial score (nSPS) is 21.9. The fourth-order valence-corrected chi connectivity index (χ4v) is 2.20. The van der Waals surface area contributed by atoms with Crippen LogP contribution in [0.2, 0.25) is 0 Å². The molecule has 2 heterocycles. The number of carboxylic acids is 1. The van der Waals surface area contributed by atoms with Crippen molar-refractivity contribution < 1.29 is 19.8 Å². The summed E-state index contributed by atoms with van der Waals surface area (Å²) in [5, 5.41) is 18.4. The molecule has 1 aromatic rings. The van der Waals surface area contributed by atoms with Crippen molar-refractivity contribution in [1.82, 2.24) is 14.9 Å². The topological polar surface area (TPSA) is 144 Å². The lowest BCUT2D eigenvalue weighted by Gasteiger charge is -2.20. The maximum atomic E-state index is 12.0. The summed E-state index contributed by atoms with van der Waals surface area (Å²) in [5.41, 5.74) is -1.29. The van der Waals surface area contributed by atoms with Crippen LogP contribution < -0.4 is 11.2 Å². The molecule has 9 heteroatoms. The second kappa shape index (κ2) is 5.29. The number of aliphatic hydroxyl groups excluding tert-OH is 1. The summed E-state index contributed by atoms with van der Waals surface area (Å²) >= 11 is 0. The van der Waals surface area contributed by atoms with Crippen molar-refractivity contribution in [3.63, 3.8) is 0 Å². The highest BCUT2D eigenvalue weighted by atomic mass is 16.4. The summed E-state index contributed by atoms with van der Waals surface area (Å²) in [6, 6.07) is -0.0343. The fraction of sp³-hybridized carbons (Fsp3) is 0.455. The largest absolute Gasteiger partial charge is 0.480 e. The third-order valence-corrected chi connectivity index (χ3v) is 3.04. The van der Waals surface area contributed by atoms with Crippen molar-refractivity contribution in [3.8, 4) is 0 Å². The quantitative estimate of drug-likeness (QED) is 0.489. The summed E-state index contributed by atoms with van der Waals surface area (Å²) in [4.78, 5) is 50.5. The van der Waals surface area contributed by atoms with Crippen molar-refractivity contribution in [2.45, 2.75) is 25.0 Å². The second-order valence-corrected chi connectivity index (χ2v) is 4.58. The van der Waals surface area contributed by atoms with Gasteiger partial charge in [-0.1, -0.05) is 0 Å². The Hall–Kier alpha value is -2.42. The predicted molar refractivity (Wildman–Crippen MR) is 65.1 cm³/mol. The first-order valence-corrected chi connectivity index (χ1v) is 5.89. The molecule has 20 heavy (non-hydrogen) atoms. The van der Waals surface area contributed by atoms with E-state index in [0.717, 1.165) is 11.0 Å². The molecule has 9 nitrogen and oxygen atoms in total. The molecule has 0 saturated carbocycles. The number of nitrogens with one attached hydrogen (secondary N) is 2. The Morgan fingerprint density at radius 3 is 2.65 bits per heavy atom. The molecule has 0 bridgehead atoms. The Bertz CT molecular complexity index is 620. The number of amides is 1. The number of rotatable bonds is 3. The van der Waals surface area contributed by atoms with Crippen molar-refractivity contribution >= 4 is 11.9 Å². The molecular formula is C11H13N3O6. The Morgan fingerprint density at radius 1 is 1.35 bits per heavy atom. The molecule has 2 unspecified atom stereocenters. The monoisotopic (exact) mass is 283 g/mol. The molecule has 2 rings (SSSR count). The molecule has 1 fully saturated rings. The average Bonchev–Trinajstić information content (AvgIpc) is 2.70. The molecule has 1 aromatic heterocycles. The zero-order valence-corrected chi connectivity index (χ0v) is 10.3. The second-order valence-electron chi connectivity index (χ2n) is 4.58. The van der Waals surface area contributed by atoms with E-state index < -0.39 is 35.3 Å². The molecule has 1 aliphatic heterocycles. The smallest absolute Gasteiger partial charge is 0.326 e. The van der Waals surface area contributed by atoms with Crippen LogP contribution in [0.3, 0.4) is 0 Å². The van der Waals surface area contributed by atoms with E-state index in [1.54, 1.807) is 0 Å². The number of carbonyl (C=O) groups excluding carboxylic acids is 1. The number of hydrogen-bond donors (Lipinski definition) is 4. The van der Waals surface area contributed by atoms with Gasteiger partial charge in [-0.2, -0.15) is 0 Å². The lowest BCUT2D eigenvalue weighted by atomic mass is 10.2. The minimum absolute atomic E-state index is 0.0348. The number of H-pyrrole nitrogens is 2. The highest BCUT2D eigenvalue weighted by Crippen LogP contribution is 2.19. The van der Waals surface area contributed by atoms with E-state index in [1.807, 2.05) is 4.98 Å². The molecule has 0 aliphatic carbocycles. The predicted octanol–water partition coefficient (Wildman–Crippen LogP) is -2.35. The Balaban J connectivity index is 2.17. The lowest BCUT2D eigenvalue weighted by Crippen LogP contribution is -2.41. The number of likely N-dealkylation sites (tertiary alicyclic amines) is 1. The highest BCUT2D eigenvalue weighted by molar-refractivity contribution is 5.85. The van der Waals surface area contributed by atoms with E-state index in [-0.39, 0.29) is 25.1 Å². The first-order valence-electron chi connectivity index (χ1n) is 5.89. The van der Waals surface area contributed by atoms with Gasteiger partial charge in [-0.15, -0.1) is 0 Å². The minimum Gasteiger partial charge on any atom is -0.480 e. The number of aliphatic carboxylic acids is 1. The van der Waals surface area contributed by atoms with Crippen LogP contribution in [0.1, 0.15) is 12.1 Å². The van der Waals surface area contributed by atoms with E-state index in [1.165, 1.54) is 0 Å². The van der Waals surface area contributed by atoms with Crippen molar-refractivity contribution in [3.05, 3.63) is 32.6 Å². The zero-order chi connectivity index (χ0) is 14.9. The van der Waals surface area contributed by atoms with Crippen molar-refractivity contribution in [2.75, 3.05) is 6.54 Å². The number of carbonyl (C=O) groups is 2. The summed E-state index contributed by atoms with van der Waals surface area (Å²) in [6.07, 6.45) is -1.24. The van der Waals surface area contributed by atoms with E-state index in [9.17, 15) is 24.3 Å². The van der Waals surface area contributed by atoms with E-state index in [0.29, 0.717) is 0 Å². The van der Waals surface area contributed by atoms with Gasteiger partial charge in [0.25, 0.3) is 5.56 Å². The van der Waals surface area contributed by atoms with Gasteiger partial charge in [0.15, 0.2) is 0 Å². The minimum atomic E-state index is -1.20. The number of hydrogen-bond acceptors (Lipinski definition) is 5. The molecule has 0 radical (unpaired) electrons. The molecule has 1 amide bonds. The van der Waals surface area contributed by atoms with Crippen LogP contribution in [-0.2, 0) is 16.0 Å². The van der Waals surface area contributed by atoms with Gasteiger partial charge in [0.2, 0.25) is 5.91 Å². The molecule has 1 aliphatic rings. The Kier molecular flexibility index (Phi) is 3.70. The molecule has 108 valence electrons. The molecule has 0 spiro atoms. The Labute approximate surface area is 111 Å². The number of β-amino-alcohol motifs (C(OH)–C–C–N with tert-alkyl or cyclic N) is 1. The third-order valence-electron chi connectivity index (χ3n) is 3.04.